The molecule has 3 rings (SSSR count). The third kappa shape index (κ3) is 7.63. The molecule has 0 bridgehead atoms. The van der Waals surface area contributed by atoms with Crippen molar-refractivity contribution in [3.63, 3.8) is 0 Å². The van der Waals surface area contributed by atoms with Crippen LogP contribution in [-0.4, -0.2) is 68.8 Å². The topological polar surface area (TPSA) is 105 Å². The third-order valence-corrected chi connectivity index (χ3v) is 7.90. The molecule has 0 unspecified atom stereocenters. The van der Waals surface area contributed by atoms with Gasteiger partial charge in [0, 0.05) is 18.2 Å². The molecule has 0 radical (unpaired) electrons. The number of sulfonamides is 1. The molecular formula is C28H39N3O6S. The molecule has 208 valence electrons. The minimum Gasteiger partial charge on any atom is -0.486 e. The molecule has 9 nitrogen and oxygen atoms in total. The maximum atomic E-state index is 13.9. The molecular weight excluding hydrogens is 506 g/mol. The number of hydrogen-bond donors (Lipinski definition) is 1. The Bertz CT molecular complexity index is 1210. The minimum atomic E-state index is -3.83. The van der Waals surface area contributed by atoms with E-state index >= 15 is 0 Å². The van der Waals surface area contributed by atoms with E-state index in [1.807, 2.05) is 58.0 Å². The van der Waals surface area contributed by atoms with Gasteiger partial charge in [-0.25, -0.2) is 8.42 Å². The van der Waals surface area contributed by atoms with Gasteiger partial charge in [0.25, 0.3) is 0 Å². The van der Waals surface area contributed by atoms with Crippen LogP contribution in [0.5, 0.6) is 11.5 Å². The average Bonchev–Trinajstić information content (AvgIpc) is 2.88. The van der Waals surface area contributed by atoms with Gasteiger partial charge in [0.2, 0.25) is 21.8 Å². The lowest BCUT2D eigenvalue weighted by Crippen LogP contribution is -2.56. The molecule has 1 atom stereocenters. The van der Waals surface area contributed by atoms with Gasteiger partial charge in [-0.05, 0) is 58.2 Å². The SMILES string of the molecule is CC[C@H](C(=O)NC(C)(C)C)N(CCc1ccccc1)C(=O)CN(c1ccc2c(c1)OCCO2)S(=O)(=O)CC. The Labute approximate surface area is 226 Å². The van der Waals surface area contributed by atoms with Gasteiger partial charge < -0.3 is 19.7 Å². The number of carbonyl (C=O) groups is 2. The van der Waals surface area contributed by atoms with Crippen molar-refractivity contribution < 1.29 is 27.5 Å². The molecule has 0 aliphatic carbocycles. The standard InChI is InChI=1S/C28H39N3O6S/c1-6-23(27(33)29-28(3,4)5)30(16-15-21-11-9-8-10-12-21)26(32)20-31(38(34,35)7-2)22-13-14-24-25(19-22)37-18-17-36-24/h8-14,19,23H,6-7,15-18,20H2,1-5H3,(H,29,33)/t23-/m1/s1. The lowest BCUT2D eigenvalue weighted by atomic mass is 10.1. The van der Waals surface area contributed by atoms with E-state index in [4.69, 9.17) is 9.47 Å². The van der Waals surface area contributed by atoms with Crippen molar-refractivity contribution in [1.82, 2.24) is 10.2 Å². The molecule has 2 aromatic rings. The Morgan fingerprint density at radius 3 is 2.26 bits per heavy atom. The van der Waals surface area contributed by atoms with Gasteiger partial charge in [-0.15, -0.1) is 0 Å². The van der Waals surface area contributed by atoms with E-state index in [-0.39, 0.29) is 18.2 Å². The van der Waals surface area contributed by atoms with Crippen LogP contribution < -0.4 is 19.1 Å². The Kier molecular flexibility index (Phi) is 9.65. The average molecular weight is 546 g/mol. The number of rotatable bonds is 11. The summed E-state index contributed by atoms with van der Waals surface area (Å²) in [4.78, 5) is 28.6. The maximum Gasteiger partial charge on any atom is 0.244 e. The lowest BCUT2D eigenvalue weighted by Gasteiger charge is -2.34. The van der Waals surface area contributed by atoms with Crippen LogP contribution in [0.3, 0.4) is 0 Å². The van der Waals surface area contributed by atoms with Gasteiger partial charge in [-0.2, -0.15) is 0 Å². The summed E-state index contributed by atoms with van der Waals surface area (Å²) in [5.74, 6) is 0.0267. The van der Waals surface area contributed by atoms with E-state index in [9.17, 15) is 18.0 Å². The largest absolute Gasteiger partial charge is 0.486 e. The van der Waals surface area contributed by atoms with Crippen LogP contribution in [0.2, 0.25) is 0 Å². The normalized spacial score (nSPS) is 13.9. The number of fused-ring (bicyclic) bond motifs is 1. The van der Waals surface area contributed by atoms with E-state index in [0.717, 1.165) is 9.87 Å². The number of anilines is 1. The van der Waals surface area contributed by atoms with Crippen molar-refractivity contribution in [2.75, 3.05) is 36.4 Å². The van der Waals surface area contributed by atoms with Gasteiger partial charge in [-0.3, -0.25) is 13.9 Å². The molecule has 0 fully saturated rings. The first-order valence-corrected chi connectivity index (χ1v) is 14.6. The monoisotopic (exact) mass is 545 g/mol. The zero-order chi connectivity index (χ0) is 27.9. The molecule has 0 saturated carbocycles. The summed E-state index contributed by atoms with van der Waals surface area (Å²) in [5, 5.41) is 2.97. The van der Waals surface area contributed by atoms with Crippen LogP contribution in [0, 0.1) is 0 Å². The summed E-state index contributed by atoms with van der Waals surface area (Å²) in [5.41, 5.74) is 0.836. The van der Waals surface area contributed by atoms with E-state index in [2.05, 4.69) is 5.32 Å². The quantitative estimate of drug-likeness (QED) is 0.464. The summed E-state index contributed by atoms with van der Waals surface area (Å²) in [6.07, 6.45) is 0.906. The summed E-state index contributed by atoms with van der Waals surface area (Å²) in [6, 6.07) is 13.7. The predicted octanol–water partition coefficient (Wildman–Crippen LogP) is 3.38. The molecule has 1 N–H and O–H groups in total. The fourth-order valence-corrected chi connectivity index (χ4v) is 5.31. The number of carbonyl (C=O) groups excluding carboxylic acids is 2. The Morgan fingerprint density at radius 1 is 1.00 bits per heavy atom. The Balaban J connectivity index is 1.94. The van der Waals surface area contributed by atoms with Crippen LogP contribution in [0.1, 0.15) is 46.6 Å². The van der Waals surface area contributed by atoms with Gasteiger partial charge in [0.05, 0.1) is 11.4 Å². The molecule has 0 saturated heterocycles. The zero-order valence-electron chi connectivity index (χ0n) is 22.9. The highest BCUT2D eigenvalue weighted by atomic mass is 32.2. The minimum absolute atomic E-state index is 0.194. The Hall–Kier alpha value is -3.27. The molecule has 1 heterocycles. The number of benzene rings is 2. The third-order valence-electron chi connectivity index (χ3n) is 6.16. The molecule has 1 aliphatic heterocycles. The second kappa shape index (κ2) is 12.5. The summed E-state index contributed by atoms with van der Waals surface area (Å²) >= 11 is 0. The van der Waals surface area contributed by atoms with E-state index in [1.54, 1.807) is 18.2 Å². The first-order valence-electron chi connectivity index (χ1n) is 13.0. The highest BCUT2D eigenvalue weighted by Crippen LogP contribution is 2.35. The molecule has 38 heavy (non-hydrogen) atoms. The number of hydrogen-bond acceptors (Lipinski definition) is 6. The van der Waals surface area contributed by atoms with Gasteiger partial charge in [0.1, 0.15) is 25.8 Å². The Morgan fingerprint density at radius 2 is 1.66 bits per heavy atom. The first kappa shape index (κ1) is 29.3. The summed E-state index contributed by atoms with van der Waals surface area (Å²) in [6.45, 7) is 9.60. The van der Waals surface area contributed by atoms with Crippen LogP contribution in [0.25, 0.3) is 0 Å². The molecule has 2 aromatic carbocycles. The van der Waals surface area contributed by atoms with Crippen molar-refractivity contribution in [1.29, 1.82) is 0 Å². The van der Waals surface area contributed by atoms with Gasteiger partial charge in [-0.1, -0.05) is 37.3 Å². The van der Waals surface area contributed by atoms with Crippen molar-refractivity contribution in [2.45, 2.75) is 59.0 Å². The number of nitrogens with zero attached hydrogens (tertiary/aromatic N) is 2. The van der Waals surface area contributed by atoms with Crippen molar-refractivity contribution in [2.24, 2.45) is 0 Å². The second-order valence-corrected chi connectivity index (χ2v) is 12.4. The molecule has 1 aliphatic rings. The number of nitrogens with one attached hydrogen (secondary N) is 1. The van der Waals surface area contributed by atoms with Crippen molar-refractivity contribution >= 4 is 27.5 Å². The molecule has 10 heteroatoms. The number of amides is 2. The van der Waals surface area contributed by atoms with Gasteiger partial charge in [0.15, 0.2) is 11.5 Å². The highest BCUT2D eigenvalue weighted by Gasteiger charge is 2.33. The van der Waals surface area contributed by atoms with Gasteiger partial charge >= 0.3 is 0 Å². The number of ether oxygens (including phenoxy) is 2. The lowest BCUT2D eigenvalue weighted by molar-refractivity contribution is -0.140. The van der Waals surface area contributed by atoms with Crippen LogP contribution >= 0.6 is 0 Å². The maximum absolute atomic E-state index is 13.9. The predicted molar refractivity (Wildman–Crippen MR) is 148 cm³/mol. The smallest absolute Gasteiger partial charge is 0.244 e. The summed E-state index contributed by atoms with van der Waals surface area (Å²) < 4.78 is 38.6. The highest BCUT2D eigenvalue weighted by molar-refractivity contribution is 7.92. The summed E-state index contributed by atoms with van der Waals surface area (Å²) in [7, 11) is -3.83. The molecule has 0 spiro atoms. The fraction of sp³-hybridized carbons (Fsp3) is 0.500. The van der Waals surface area contributed by atoms with Crippen molar-refractivity contribution in [3.8, 4) is 11.5 Å². The van der Waals surface area contributed by atoms with Crippen molar-refractivity contribution in [3.05, 3.63) is 54.1 Å². The zero-order valence-corrected chi connectivity index (χ0v) is 23.7. The van der Waals surface area contributed by atoms with Crippen LogP contribution in [0.4, 0.5) is 5.69 Å². The first-order chi connectivity index (χ1) is 17.9. The molecule has 0 aromatic heterocycles. The van der Waals surface area contributed by atoms with E-state index < -0.39 is 34.1 Å². The van der Waals surface area contributed by atoms with E-state index in [0.29, 0.717) is 43.2 Å². The fourth-order valence-electron chi connectivity index (χ4n) is 4.26. The molecule has 2 amide bonds. The second-order valence-electron chi connectivity index (χ2n) is 10.2. The van der Waals surface area contributed by atoms with E-state index in [1.165, 1.54) is 11.8 Å². The van der Waals surface area contributed by atoms with Crippen LogP contribution in [0.15, 0.2) is 48.5 Å². The van der Waals surface area contributed by atoms with Crippen LogP contribution in [-0.2, 0) is 26.0 Å².